The van der Waals surface area contributed by atoms with Crippen molar-refractivity contribution in [2.24, 2.45) is 0 Å². The maximum atomic E-state index is 11.5. The van der Waals surface area contributed by atoms with Crippen LogP contribution in [0.2, 0.25) is 0 Å². The third-order valence-corrected chi connectivity index (χ3v) is 4.02. The van der Waals surface area contributed by atoms with Crippen molar-refractivity contribution in [3.63, 3.8) is 0 Å². The Morgan fingerprint density at radius 3 is 2.19 bits per heavy atom. The normalized spacial score (nSPS) is 11.3. The molecule has 0 saturated carbocycles. The lowest BCUT2D eigenvalue weighted by Gasteiger charge is -2.08. The molecule has 0 bridgehead atoms. The first-order valence-electron chi connectivity index (χ1n) is 7.52. The van der Waals surface area contributed by atoms with Crippen LogP contribution in [-0.4, -0.2) is 33.5 Å². The molecule has 2 N–H and O–H groups in total. The SMILES string of the molecule is CCCCCCCCCCNS(=O)(=O)NC(=O)OCCCl. The number of hydrogen-bond acceptors (Lipinski definition) is 4. The topological polar surface area (TPSA) is 84.5 Å². The third-order valence-electron chi connectivity index (χ3n) is 2.85. The van der Waals surface area contributed by atoms with E-state index in [1.165, 1.54) is 32.1 Å². The van der Waals surface area contributed by atoms with E-state index in [4.69, 9.17) is 11.6 Å². The van der Waals surface area contributed by atoms with Crippen molar-refractivity contribution in [1.29, 1.82) is 0 Å². The van der Waals surface area contributed by atoms with Gasteiger partial charge < -0.3 is 4.74 Å². The highest BCUT2D eigenvalue weighted by atomic mass is 35.5. The van der Waals surface area contributed by atoms with Crippen LogP contribution >= 0.6 is 11.6 Å². The number of halogens is 1. The first-order chi connectivity index (χ1) is 10.0. The number of amides is 1. The molecule has 0 atom stereocenters. The number of alkyl halides is 1. The molecule has 0 unspecified atom stereocenters. The van der Waals surface area contributed by atoms with Gasteiger partial charge in [0.15, 0.2) is 0 Å². The van der Waals surface area contributed by atoms with Crippen LogP contribution in [0.25, 0.3) is 0 Å². The standard InChI is InChI=1S/C13H27ClN2O4S/c1-2-3-4-5-6-7-8-9-11-15-21(18,19)16-13(17)20-12-10-14/h15H,2-12H2,1H3,(H,16,17). The first kappa shape index (κ1) is 20.5. The van der Waals surface area contributed by atoms with Crippen molar-refractivity contribution < 1.29 is 17.9 Å². The summed E-state index contributed by atoms with van der Waals surface area (Å²) in [5.74, 6) is 0.124. The summed E-state index contributed by atoms with van der Waals surface area (Å²) in [4.78, 5) is 11.1. The summed E-state index contributed by atoms with van der Waals surface area (Å²) in [6, 6.07) is 0. The summed E-state index contributed by atoms with van der Waals surface area (Å²) >= 11 is 5.32. The quantitative estimate of drug-likeness (QED) is 0.398. The van der Waals surface area contributed by atoms with E-state index in [0.29, 0.717) is 6.54 Å². The second kappa shape index (κ2) is 13.2. The maximum absolute atomic E-state index is 11.5. The molecule has 0 aromatic carbocycles. The summed E-state index contributed by atoms with van der Waals surface area (Å²) in [6.07, 6.45) is 8.06. The fraction of sp³-hybridized carbons (Fsp3) is 0.923. The van der Waals surface area contributed by atoms with Crippen LogP contribution in [0.15, 0.2) is 0 Å². The predicted molar refractivity (Wildman–Crippen MR) is 84.7 cm³/mol. The summed E-state index contributed by atoms with van der Waals surface area (Å²) in [5, 5.41) is 0. The number of ether oxygens (including phenoxy) is 1. The molecule has 0 aliphatic carbocycles. The van der Waals surface area contributed by atoms with Crippen LogP contribution in [0.3, 0.4) is 0 Å². The Balaban J connectivity index is 3.55. The van der Waals surface area contributed by atoms with E-state index in [1.807, 2.05) is 0 Å². The second-order valence-corrected chi connectivity index (χ2v) is 6.68. The molecule has 0 heterocycles. The molecule has 8 heteroatoms. The maximum Gasteiger partial charge on any atom is 0.421 e. The van der Waals surface area contributed by atoms with Crippen molar-refractivity contribution >= 4 is 27.9 Å². The van der Waals surface area contributed by atoms with Crippen LogP contribution in [0.5, 0.6) is 0 Å². The van der Waals surface area contributed by atoms with Gasteiger partial charge in [0.1, 0.15) is 6.61 Å². The number of carbonyl (C=O) groups is 1. The smallest absolute Gasteiger partial charge is 0.421 e. The fourth-order valence-corrected chi connectivity index (χ4v) is 2.61. The minimum Gasteiger partial charge on any atom is -0.448 e. The van der Waals surface area contributed by atoms with Gasteiger partial charge in [-0.05, 0) is 6.42 Å². The van der Waals surface area contributed by atoms with Crippen LogP contribution in [0.4, 0.5) is 4.79 Å². The Morgan fingerprint density at radius 1 is 1.05 bits per heavy atom. The van der Waals surface area contributed by atoms with Gasteiger partial charge in [-0.15, -0.1) is 11.6 Å². The Kier molecular flexibility index (Phi) is 12.8. The van der Waals surface area contributed by atoms with Crippen LogP contribution in [-0.2, 0) is 14.9 Å². The third kappa shape index (κ3) is 14.2. The lowest BCUT2D eigenvalue weighted by Crippen LogP contribution is -2.41. The molecular formula is C13H27ClN2O4S. The van der Waals surface area contributed by atoms with Gasteiger partial charge >= 0.3 is 16.3 Å². The number of hydrogen-bond donors (Lipinski definition) is 2. The highest BCUT2D eigenvalue weighted by molar-refractivity contribution is 7.88. The largest absolute Gasteiger partial charge is 0.448 e. The molecule has 21 heavy (non-hydrogen) atoms. The van der Waals surface area contributed by atoms with Crippen LogP contribution in [0.1, 0.15) is 58.3 Å². The second-order valence-electron chi connectivity index (χ2n) is 4.80. The Bertz CT molecular complexity index is 363. The van der Waals surface area contributed by atoms with Gasteiger partial charge in [-0.3, -0.25) is 0 Å². The summed E-state index contributed by atoms with van der Waals surface area (Å²) in [7, 11) is -3.83. The van der Waals surface area contributed by atoms with Gasteiger partial charge in [-0.25, -0.2) is 9.52 Å². The molecule has 0 rings (SSSR count). The average molecular weight is 343 g/mol. The lowest BCUT2D eigenvalue weighted by molar-refractivity contribution is 0.159. The fourth-order valence-electron chi connectivity index (χ4n) is 1.77. The molecule has 0 aromatic rings. The Morgan fingerprint density at radius 2 is 1.62 bits per heavy atom. The van der Waals surface area contributed by atoms with Gasteiger partial charge in [0.05, 0.1) is 5.88 Å². The number of nitrogens with one attached hydrogen (secondary N) is 2. The van der Waals surface area contributed by atoms with Gasteiger partial charge in [-0.1, -0.05) is 51.9 Å². The van der Waals surface area contributed by atoms with E-state index in [9.17, 15) is 13.2 Å². The van der Waals surface area contributed by atoms with Gasteiger partial charge in [0, 0.05) is 6.54 Å². The first-order valence-corrected chi connectivity index (χ1v) is 9.53. The van der Waals surface area contributed by atoms with E-state index in [2.05, 4.69) is 16.4 Å². The number of unbranched alkanes of at least 4 members (excludes halogenated alkanes) is 7. The van der Waals surface area contributed by atoms with Crippen molar-refractivity contribution in [2.75, 3.05) is 19.0 Å². The zero-order valence-corrected chi connectivity index (χ0v) is 14.3. The van der Waals surface area contributed by atoms with Crippen molar-refractivity contribution in [2.45, 2.75) is 58.3 Å². The zero-order chi connectivity index (χ0) is 16.0. The van der Waals surface area contributed by atoms with Crippen LogP contribution < -0.4 is 9.44 Å². The highest BCUT2D eigenvalue weighted by Crippen LogP contribution is 2.07. The molecule has 0 aromatic heterocycles. The van der Waals surface area contributed by atoms with E-state index in [0.717, 1.165) is 19.3 Å². The number of carbonyl (C=O) groups excluding carboxylic acids is 1. The van der Waals surface area contributed by atoms with Gasteiger partial charge in [-0.2, -0.15) is 13.1 Å². The minimum absolute atomic E-state index is 0.0268. The molecule has 0 saturated heterocycles. The summed E-state index contributed by atoms with van der Waals surface area (Å²) in [6.45, 7) is 2.47. The Labute approximate surface area is 133 Å². The lowest BCUT2D eigenvalue weighted by atomic mass is 10.1. The molecule has 0 aliphatic rings. The summed E-state index contributed by atoms with van der Waals surface area (Å²) < 4.78 is 31.5. The molecular weight excluding hydrogens is 316 g/mol. The molecule has 0 radical (unpaired) electrons. The molecule has 0 fully saturated rings. The van der Waals surface area contributed by atoms with E-state index in [-0.39, 0.29) is 12.5 Å². The monoisotopic (exact) mass is 342 g/mol. The van der Waals surface area contributed by atoms with Gasteiger partial charge in [0.2, 0.25) is 0 Å². The van der Waals surface area contributed by atoms with Crippen molar-refractivity contribution in [1.82, 2.24) is 9.44 Å². The molecule has 1 amide bonds. The van der Waals surface area contributed by atoms with Gasteiger partial charge in [0.25, 0.3) is 0 Å². The Hall–Kier alpha value is -0.530. The van der Waals surface area contributed by atoms with E-state index >= 15 is 0 Å². The van der Waals surface area contributed by atoms with Crippen molar-refractivity contribution in [3.8, 4) is 0 Å². The van der Waals surface area contributed by atoms with Crippen LogP contribution in [0, 0.1) is 0 Å². The number of rotatable bonds is 13. The zero-order valence-electron chi connectivity index (χ0n) is 12.7. The molecule has 126 valence electrons. The van der Waals surface area contributed by atoms with Crippen molar-refractivity contribution in [3.05, 3.63) is 0 Å². The molecule has 0 spiro atoms. The van der Waals surface area contributed by atoms with E-state index < -0.39 is 16.3 Å². The molecule has 6 nitrogen and oxygen atoms in total. The average Bonchev–Trinajstić information content (AvgIpc) is 2.42. The summed E-state index contributed by atoms with van der Waals surface area (Å²) in [5.41, 5.74) is 0. The predicted octanol–water partition coefficient (Wildman–Crippen LogP) is 2.93. The minimum atomic E-state index is -3.83. The highest BCUT2D eigenvalue weighted by Gasteiger charge is 2.13. The van der Waals surface area contributed by atoms with E-state index in [1.54, 1.807) is 4.72 Å². The molecule has 0 aliphatic heterocycles.